The molecule has 0 aliphatic heterocycles. The van der Waals surface area contributed by atoms with Crippen LogP contribution in [0.15, 0.2) is 78.0 Å². The van der Waals surface area contributed by atoms with Crippen molar-refractivity contribution in [2.24, 2.45) is 0 Å². The SMILES string of the molecule is O=C(CSc1ccccc1)NCc1cnn(-c2ccccc2)c1. The molecule has 0 aliphatic rings. The lowest BCUT2D eigenvalue weighted by atomic mass is 10.3. The number of rotatable bonds is 6. The molecule has 0 atom stereocenters. The van der Waals surface area contributed by atoms with Crippen molar-refractivity contribution in [2.45, 2.75) is 11.4 Å². The Labute approximate surface area is 139 Å². The maximum Gasteiger partial charge on any atom is 0.230 e. The zero-order valence-electron chi connectivity index (χ0n) is 12.6. The van der Waals surface area contributed by atoms with E-state index in [1.54, 1.807) is 10.9 Å². The van der Waals surface area contributed by atoms with Gasteiger partial charge in [-0.1, -0.05) is 36.4 Å². The highest BCUT2D eigenvalue weighted by molar-refractivity contribution is 8.00. The van der Waals surface area contributed by atoms with Crippen molar-refractivity contribution >= 4 is 17.7 Å². The van der Waals surface area contributed by atoms with Crippen molar-refractivity contribution < 1.29 is 4.79 Å². The fourth-order valence-electron chi connectivity index (χ4n) is 2.09. The summed E-state index contributed by atoms with van der Waals surface area (Å²) in [6.07, 6.45) is 3.71. The largest absolute Gasteiger partial charge is 0.351 e. The average Bonchev–Trinajstić information content (AvgIpc) is 3.09. The zero-order chi connectivity index (χ0) is 15.9. The highest BCUT2D eigenvalue weighted by Gasteiger charge is 2.05. The van der Waals surface area contributed by atoms with Gasteiger partial charge in [0.15, 0.2) is 0 Å². The lowest BCUT2D eigenvalue weighted by Crippen LogP contribution is -2.24. The number of carbonyl (C=O) groups is 1. The van der Waals surface area contributed by atoms with E-state index in [1.165, 1.54) is 11.8 Å². The molecule has 4 nitrogen and oxygen atoms in total. The molecule has 0 fully saturated rings. The Morgan fingerprint density at radius 1 is 1.04 bits per heavy atom. The summed E-state index contributed by atoms with van der Waals surface area (Å²) in [4.78, 5) is 13.0. The zero-order valence-corrected chi connectivity index (χ0v) is 13.4. The Hall–Kier alpha value is -2.53. The topological polar surface area (TPSA) is 46.9 Å². The summed E-state index contributed by atoms with van der Waals surface area (Å²) in [5.74, 6) is 0.433. The first kappa shape index (κ1) is 15.4. The molecule has 0 aliphatic carbocycles. The number of nitrogens with one attached hydrogen (secondary N) is 1. The van der Waals surface area contributed by atoms with Crippen molar-refractivity contribution in [3.05, 3.63) is 78.6 Å². The molecule has 1 amide bonds. The monoisotopic (exact) mass is 323 g/mol. The minimum atomic E-state index is 0.0197. The van der Waals surface area contributed by atoms with Gasteiger partial charge in [0.05, 0.1) is 17.6 Å². The minimum Gasteiger partial charge on any atom is -0.351 e. The molecule has 1 N–H and O–H groups in total. The molecule has 5 heteroatoms. The molecule has 0 radical (unpaired) electrons. The van der Waals surface area contributed by atoms with Gasteiger partial charge < -0.3 is 5.32 Å². The molecule has 116 valence electrons. The summed E-state index contributed by atoms with van der Waals surface area (Å²) in [7, 11) is 0. The quantitative estimate of drug-likeness (QED) is 0.708. The number of hydrogen-bond acceptors (Lipinski definition) is 3. The van der Waals surface area contributed by atoms with Crippen LogP contribution in [0.5, 0.6) is 0 Å². The molecule has 3 aromatic rings. The third kappa shape index (κ3) is 4.47. The van der Waals surface area contributed by atoms with Crippen LogP contribution >= 0.6 is 11.8 Å². The fourth-order valence-corrected chi connectivity index (χ4v) is 2.84. The first-order valence-corrected chi connectivity index (χ1v) is 8.33. The molecule has 1 heterocycles. The summed E-state index contributed by atoms with van der Waals surface area (Å²) < 4.78 is 1.81. The van der Waals surface area contributed by atoms with Crippen LogP contribution in [0.3, 0.4) is 0 Å². The van der Waals surface area contributed by atoms with Crippen molar-refractivity contribution in [1.29, 1.82) is 0 Å². The number of nitrogens with zero attached hydrogens (tertiary/aromatic N) is 2. The van der Waals surface area contributed by atoms with Gasteiger partial charge in [-0.25, -0.2) is 4.68 Å². The Balaban J connectivity index is 1.49. The van der Waals surface area contributed by atoms with E-state index in [4.69, 9.17) is 0 Å². The van der Waals surface area contributed by atoms with Crippen LogP contribution < -0.4 is 5.32 Å². The maximum atomic E-state index is 11.9. The van der Waals surface area contributed by atoms with Gasteiger partial charge in [0.25, 0.3) is 0 Å². The molecule has 0 unspecified atom stereocenters. The summed E-state index contributed by atoms with van der Waals surface area (Å²) in [6, 6.07) is 19.8. The summed E-state index contributed by atoms with van der Waals surface area (Å²) >= 11 is 1.53. The van der Waals surface area contributed by atoms with Crippen LogP contribution in [0.2, 0.25) is 0 Å². The molecular formula is C18H17N3OS. The fraction of sp³-hybridized carbons (Fsp3) is 0.111. The smallest absolute Gasteiger partial charge is 0.230 e. The van der Waals surface area contributed by atoms with E-state index in [2.05, 4.69) is 10.4 Å². The van der Waals surface area contributed by atoms with Gasteiger partial charge in [0, 0.05) is 23.2 Å². The number of carbonyl (C=O) groups excluding carboxylic acids is 1. The Morgan fingerprint density at radius 2 is 1.74 bits per heavy atom. The Morgan fingerprint density at radius 3 is 2.48 bits per heavy atom. The number of thioether (sulfide) groups is 1. The average molecular weight is 323 g/mol. The Kier molecular flexibility index (Phi) is 5.11. The third-order valence-electron chi connectivity index (χ3n) is 3.26. The van der Waals surface area contributed by atoms with E-state index in [9.17, 15) is 4.79 Å². The predicted octanol–water partition coefficient (Wildman–Crippen LogP) is 3.28. The first-order valence-electron chi connectivity index (χ1n) is 7.35. The van der Waals surface area contributed by atoms with Crippen LogP contribution in [0, 0.1) is 0 Å². The van der Waals surface area contributed by atoms with Gasteiger partial charge in [0.1, 0.15) is 0 Å². The van der Waals surface area contributed by atoms with Gasteiger partial charge in [-0.3, -0.25) is 4.79 Å². The number of hydrogen-bond donors (Lipinski definition) is 1. The summed E-state index contributed by atoms with van der Waals surface area (Å²) in [6.45, 7) is 0.487. The van der Waals surface area contributed by atoms with Crippen LogP contribution in [0.4, 0.5) is 0 Å². The number of aromatic nitrogens is 2. The predicted molar refractivity (Wildman–Crippen MR) is 92.6 cm³/mol. The van der Waals surface area contributed by atoms with Crippen molar-refractivity contribution in [1.82, 2.24) is 15.1 Å². The Bertz CT molecular complexity index is 756. The molecule has 2 aromatic carbocycles. The molecule has 0 saturated carbocycles. The highest BCUT2D eigenvalue weighted by atomic mass is 32.2. The van der Waals surface area contributed by atoms with E-state index in [-0.39, 0.29) is 5.91 Å². The second kappa shape index (κ2) is 7.65. The summed E-state index contributed by atoms with van der Waals surface area (Å²) in [5.41, 5.74) is 1.98. The lowest BCUT2D eigenvalue weighted by Gasteiger charge is -2.03. The second-order valence-electron chi connectivity index (χ2n) is 5.01. The van der Waals surface area contributed by atoms with Gasteiger partial charge in [-0.2, -0.15) is 5.10 Å². The van der Waals surface area contributed by atoms with E-state index in [1.807, 2.05) is 66.9 Å². The minimum absolute atomic E-state index is 0.0197. The molecule has 3 rings (SSSR count). The van der Waals surface area contributed by atoms with E-state index >= 15 is 0 Å². The number of para-hydroxylation sites is 1. The molecular weight excluding hydrogens is 306 g/mol. The van der Waals surface area contributed by atoms with E-state index < -0.39 is 0 Å². The van der Waals surface area contributed by atoms with Crippen LogP contribution in [0.25, 0.3) is 5.69 Å². The normalized spacial score (nSPS) is 10.4. The van der Waals surface area contributed by atoms with Crippen molar-refractivity contribution in [2.75, 3.05) is 5.75 Å². The third-order valence-corrected chi connectivity index (χ3v) is 4.27. The standard InChI is InChI=1S/C18H17N3OS/c22-18(14-23-17-9-5-2-6-10-17)19-11-15-12-20-21(13-15)16-7-3-1-4-8-16/h1-10,12-13H,11,14H2,(H,19,22). The van der Waals surface area contributed by atoms with Crippen LogP contribution in [0.1, 0.15) is 5.56 Å². The molecule has 23 heavy (non-hydrogen) atoms. The van der Waals surface area contributed by atoms with E-state index in [0.29, 0.717) is 12.3 Å². The van der Waals surface area contributed by atoms with Crippen molar-refractivity contribution in [3.8, 4) is 5.69 Å². The molecule has 0 bridgehead atoms. The van der Waals surface area contributed by atoms with Crippen LogP contribution in [-0.4, -0.2) is 21.4 Å². The van der Waals surface area contributed by atoms with Gasteiger partial charge in [-0.15, -0.1) is 11.8 Å². The van der Waals surface area contributed by atoms with E-state index in [0.717, 1.165) is 16.1 Å². The summed E-state index contributed by atoms with van der Waals surface area (Å²) in [5, 5.41) is 7.24. The van der Waals surface area contributed by atoms with Crippen LogP contribution in [-0.2, 0) is 11.3 Å². The molecule has 1 aromatic heterocycles. The van der Waals surface area contributed by atoms with Gasteiger partial charge in [-0.05, 0) is 24.3 Å². The van der Waals surface area contributed by atoms with Crippen molar-refractivity contribution in [3.63, 3.8) is 0 Å². The van der Waals surface area contributed by atoms with Gasteiger partial charge >= 0.3 is 0 Å². The molecule has 0 spiro atoms. The number of benzene rings is 2. The maximum absolute atomic E-state index is 11.9. The second-order valence-corrected chi connectivity index (χ2v) is 6.06. The first-order chi connectivity index (χ1) is 11.3. The van der Waals surface area contributed by atoms with Gasteiger partial charge in [0.2, 0.25) is 5.91 Å². The lowest BCUT2D eigenvalue weighted by molar-refractivity contribution is -0.118. The highest BCUT2D eigenvalue weighted by Crippen LogP contribution is 2.16. The molecule has 0 saturated heterocycles. The number of amides is 1.